The number of rotatable bonds is 11. The van der Waals surface area contributed by atoms with Gasteiger partial charge in [0.15, 0.2) is 21.7 Å². The molecule has 0 spiro atoms. The van der Waals surface area contributed by atoms with Crippen molar-refractivity contribution in [2.45, 2.75) is 29.9 Å². The van der Waals surface area contributed by atoms with E-state index in [2.05, 4.69) is 20.4 Å². The zero-order valence-electron chi connectivity index (χ0n) is 21.0. The van der Waals surface area contributed by atoms with Gasteiger partial charge in [0.1, 0.15) is 22.5 Å². The number of aromatic nitrogens is 3. The summed E-state index contributed by atoms with van der Waals surface area (Å²) in [6.45, 7) is 1.53. The normalized spacial score (nSPS) is 22.3. The van der Waals surface area contributed by atoms with Gasteiger partial charge in [-0.15, -0.1) is 28.1 Å². The Hall–Kier alpha value is -3.84. The topological polar surface area (TPSA) is 253 Å². The molecule has 2 aliphatic rings. The second-order valence-corrected chi connectivity index (χ2v) is 11.8. The number of aliphatic carboxylic acids is 2. The average Bonchev–Trinajstić information content (AvgIpc) is 3.33. The Kier molecular flexibility index (Phi) is 8.54. The lowest BCUT2D eigenvalue weighted by atomic mass is 9.89. The lowest BCUT2D eigenvalue weighted by Crippen LogP contribution is -2.74. The van der Waals surface area contributed by atoms with E-state index in [1.807, 2.05) is 6.92 Å². The zero-order chi connectivity index (χ0) is 29.2. The van der Waals surface area contributed by atoms with Crippen molar-refractivity contribution in [2.24, 2.45) is 10.6 Å². The number of thioether (sulfide) groups is 2. The van der Waals surface area contributed by atoms with Crippen molar-refractivity contribution in [3.63, 3.8) is 0 Å². The number of oxime groups is 1. The molecule has 40 heavy (non-hydrogen) atoms. The molecule has 2 fully saturated rings. The van der Waals surface area contributed by atoms with Crippen LogP contribution >= 0.6 is 34.9 Å². The summed E-state index contributed by atoms with van der Waals surface area (Å²) in [5, 5.41) is 26.6. The number of carbonyl (C=O) groups excluding carboxylic acids is 2. The van der Waals surface area contributed by atoms with Gasteiger partial charge in [0.05, 0.1) is 6.54 Å². The smallest absolute Gasteiger partial charge is 0.346 e. The van der Waals surface area contributed by atoms with Crippen molar-refractivity contribution in [1.29, 1.82) is 0 Å². The Bertz CT molecular complexity index is 1360. The molecule has 2 aromatic heterocycles. The highest BCUT2D eigenvalue weighted by Gasteiger charge is 2.57. The van der Waals surface area contributed by atoms with Crippen molar-refractivity contribution < 1.29 is 38.8 Å². The summed E-state index contributed by atoms with van der Waals surface area (Å²) >= 11 is 3.44. The number of carbonyl (C=O) groups is 4. The SMILES string of the molecule is CC[n+]1c(N)cc(SCC2(C(=O)O)CS[C@@H]3[C@H](NC(=O)C(=NOCC(=O)O)c4csc(N)n4)C(=O)N3C2)nc1N. The molecule has 0 bridgehead atoms. The van der Waals surface area contributed by atoms with Crippen LogP contribution < -0.4 is 27.1 Å². The number of anilines is 3. The largest absolute Gasteiger partial charge is 0.481 e. The van der Waals surface area contributed by atoms with Crippen LogP contribution in [-0.4, -0.2) is 90.6 Å². The number of thiazole rings is 1. The van der Waals surface area contributed by atoms with E-state index < -0.39 is 47.2 Å². The van der Waals surface area contributed by atoms with E-state index in [0.717, 1.165) is 11.3 Å². The van der Waals surface area contributed by atoms with Crippen LogP contribution in [0.3, 0.4) is 0 Å². The Morgan fingerprint density at radius 3 is 2.67 bits per heavy atom. The summed E-state index contributed by atoms with van der Waals surface area (Å²) < 4.78 is 1.61. The lowest BCUT2D eigenvalue weighted by Gasteiger charge is -2.53. The first-order valence-corrected chi connectivity index (χ1v) is 14.5. The van der Waals surface area contributed by atoms with Gasteiger partial charge in [-0.2, -0.15) is 0 Å². The lowest BCUT2D eigenvalue weighted by molar-refractivity contribution is -0.667. The van der Waals surface area contributed by atoms with Crippen LogP contribution in [0.15, 0.2) is 21.6 Å². The molecule has 19 heteroatoms. The third-order valence-corrected chi connectivity index (χ3v) is 9.57. The molecule has 0 aromatic carbocycles. The van der Waals surface area contributed by atoms with Gasteiger partial charge in [-0.1, -0.05) is 16.9 Å². The number of nitrogens with two attached hydrogens (primary N) is 3. The first kappa shape index (κ1) is 29.2. The van der Waals surface area contributed by atoms with Crippen molar-refractivity contribution in [3.8, 4) is 0 Å². The molecule has 4 rings (SSSR count). The molecular formula is C21H26N9O7S3+. The first-order chi connectivity index (χ1) is 19.0. The zero-order valence-corrected chi connectivity index (χ0v) is 23.4. The van der Waals surface area contributed by atoms with Gasteiger partial charge in [-0.3, -0.25) is 14.4 Å². The molecule has 2 aliphatic heterocycles. The fraction of sp³-hybridized carbons (Fsp3) is 0.429. The average molecular weight is 613 g/mol. The third kappa shape index (κ3) is 5.85. The fourth-order valence-electron chi connectivity index (χ4n) is 4.04. The number of nitrogens with zero attached hydrogens (tertiary/aromatic N) is 5. The van der Waals surface area contributed by atoms with Gasteiger partial charge >= 0.3 is 17.9 Å². The monoisotopic (exact) mass is 612 g/mol. The Balaban J connectivity index is 1.44. The van der Waals surface area contributed by atoms with Crippen LogP contribution in [0.1, 0.15) is 12.6 Å². The summed E-state index contributed by atoms with van der Waals surface area (Å²) in [4.78, 5) is 63.5. The van der Waals surface area contributed by atoms with Crippen molar-refractivity contribution in [1.82, 2.24) is 20.2 Å². The highest BCUT2D eigenvalue weighted by atomic mass is 32.2. The minimum atomic E-state index is -1.30. The van der Waals surface area contributed by atoms with Gasteiger partial charge in [0.25, 0.3) is 5.91 Å². The molecule has 0 saturated carbocycles. The summed E-state index contributed by atoms with van der Waals surface area (Å²) in [6, 6.07) is 0.659. The summed E-state index contributed by atoms with van der Waals surface area (Å²) in [5.74, 6) is -2.80. The summed E-state index contributed by atoms with van der Waals surface area (Å²) in [5.41, 5.74) is 16.0. The standard InChI is InChI=1S/C21H25N9O7S3/c1-2-29-10(22)3-11(26-19(29)23)39-7-21(18(35)36)6-30-16(34)14(17(30)40-8-21)27-15(33)13(28-37-4-12(31)32)9-5-38-20(24)25-9/h3,5,14,17H,2,4,6-8H2,1H3,(H8,22,23,24,25,26,27,31,32,33,35,36)/p+1/t14-,17-,21?/m1/s1. The van der Waals surface area contributed by atoms with Crippen LogP contribution in [0.4, 0.5) is 16.9 Å². The molecule has 0 aliphatic carbocycles. The Labute approximate surface area is 239 Å². The molecule has 4 heterocycles. The predicted octanol–water partition coefficient (Wildman–Crippen LogP) is -1.34. The minimum Gasteiger partial charge on any atom is -0.481 e. The van der Waals surface area contributed by atoms with Gasteiger partial charge in [0.2, 0.25) is 12.5 Å². The maximum Gasteiger partial charge on any atom is 0.346 e. The number of carboxylic acids is 2. The molecule has 0 radical (unpaired) electrons. The molecule has 16 nitrogen and oxygen atoms in total. The van der Waals surface area contributed by atoms with E-state index in [1.165, 1.54) is 33.8 Å². The maximum absolute atomic E-state index is 13.0. The van der Waals surface area contributed by atoms with Gasteiger partial charge in [-0.05, 0) is 6.92 Å². The van der Waals surface area contributed by atoms with Crippen LogP contribution in [0.5, 0.6) is 0 Å². The van der Waals surface area contributed by atoms with Gasteiger partial charge < -0.3 is 42.5 Å². The van der Waals surface area contributed by atoms with Gasteiger partial charge in [-0.25, -0.2) is 14.3 Å². The highest BCUT2D eigenvalue weighted by molar-refractivity contribution is 8.00. The second-order valence-electron chi connectivity index (χ2n) is 8.79. The molecule has 3 atom stereocenters. The van der Waals surface area contributed by atoms with E-state index >= 15 is 0 Å². The Morgan fingerprint density at radius 1 is 1.32 bits per heavy atom. The number of β-lactam (4-membered cyclic amide) rings is 1. The second kappa shape index (κ2) is 11.7. The number of hydrogen-bond donors (Lipinski definition) is 6. The van der Waals surface area contributed by atoms with Crippen LogP contribution in [0.2, 0.25) is 0 Å². The number of nitrogens with one attached hydrogen (secondary N) is 1. The summed E-state index contributed by atoms with van der Waals surface area (Å²) in [6.07, 6.45) is 0. The maximum atomic E-state index is 13.0. The highest BCUT2D eigenvalue weighted by Crippen LogP contribution is 2.44. The summed E-state index contributed by atoms with van der Waals surface area (Å²) in [7, 11) is 0. The van der Waals surface area contributed by atoms with E-state index in [1.54, 1.807) is 10.6 Å². The fourth-order valence-corrected chi connectivity index (χ4v) is 7.36. The number of nitrogen functional groups attached to an aromatic ring is 3. The molecule has 9 N–H and O–H groups in total. The molecular weight excluding hydrogens is 586 g/mol. The molecule has 2 amide bonds. The van der Waals surface area contributed by atoms with Crippen molar-refractivity contribution in [2.75, 3.05) is 41.9 Å². The molecule has 214 valence electrons. The van der Waals surface area contributed by atoms with E-state index in [9.17, 15) is 24.3 Å². The molecule has 2 saturated heterocycles. The van der Waals surface area contributed by atoms with Gasteiger partial charge in [0, 0.05) is 29.5 Å². The van der Waals surface area contributed by atoms with Crippen molar-refractivity contribution >= 4 is 81.2 Å². The van der Waals surface area contributed by atoms with E-state index in [4.69, 9.17) is 27.1 Å². The van der Waals surface area contributed by atoms with Crippen LogP contribution in [-0.2, 0) is 30.6 Å². The van der Waals surface area contributed by atoms with E-state index in [-0.39, 0.29) is 40.5 Å². The van der Waals surface area contributed by atoms with E-state index in [0.29, 0.717) is 17.4 Å². The van der Waals surface area contributed by atoms with Crippen molar-refractivity contribution in [3.05, 3.63) is 17.1 Å². The number of hydrogen-bond acceptors (Lipinski definition) is 14. The van der Waals surface area contributed by atoms with Crippen LogP contribution in [0.25, 0.3) is 0 Å². The Morgan fingerprint density at radius 2 is 2.08 bits per heavy atom. The van der Waals surface area contributed by atoms with Crippen LogP contribution in [0, 0.1) is 5.41 Å². The predicted molar refractivity (Wildman–Crippen MR) is 146 cm³/mol. The molecule has 1 unspecified atom stereocenters. The minimum absolute atomic E-state index is 0.0486. The first-order valence-electron chi connectivity index (χ1n) is 11.6. The quantitative estimate of drug-likeness (QED) is 0.0429. The molecule has 2 aromatic rings. The number of carboxylic acid groups (broad SMARTS) is 2. The number of fused-ring (bicyclic) bond motifs is 1. The third-order valence-electron chi connectivity index (χ3n) is 6.11. The number of amides is 2.